The van der Waals surface area contributed by atoms with Gasteiger partial charge in [-0.05, 0) is 117 Å². The van der Waals surface area contributed by atoms with E-state index in [0.717, 1.165) is 44.9 Å². The zero-order valence-corrected chi connectivity index (χ0v) is 27.7. The van der Waals surface area contributed by atoms with E-state index in [1.165, 1.54) is 5.57 Å². The van der Waals surface area contributed by atoms with E-state index in [2.05, 4.69) is 41.5 Å². The van der Waals surface area contributed by atoms with Gasteiger partial charge < -0.3 is 24.8 Å². The van der Waals surface area contributed by atoms with E-state index in [4.69, 9.17) is 9.47 Å². The smallest absolute Gasteiger partial charge is 0.309 e. The first-order valence-electron chi connectivity index (χ1n) is 17.0. The average molecular weight is 601 g/mol. The molecule has 5 fully saturated rings. The molecule has 0 bridgehead atoms. The molecule has 0 radical (unpaired) electrons. The fourth-order valence-corrected chi connectivity index (χ4v) is 11.9. The molecule has 1 heterocycles. The van der Waals surface area contributed by atoms with Crippen molar-refractivity contribution in [2.75, 3.05) is 0 Å². The van der Waals surface area contributed by atoms with Gasteiger partial charge in [0.1, 0.15) is 6.10 Å². The summed E-state index contributed by atoms with van der Waals surface area (Å²) in [6.45, 7) is 17.8. The first-order chi connectivity index (χ1) is 19.8. The van der Waals surface area contributed by atoms with Crippen LogP contribution < -0.4 is 0 Å². The van der Waals surface area contributed by atoms with Gasteiger partial charge in [0.15, 0.2) is 12.1 Å². The number of allylic oxidation sites excluding steroid dienone is 2. The Bertz CT molecular complexity index is 1200. The highest BCUT2D eigenvalue weighted by molar-refractivity contribution is 5.95. The molecule has 43 heavy (non-hydrogen) atoms. The number of hydrogen-bond acceptors (Lipinski definition) is 6. The van der Waals surface area contributed by atoms with Crippen molar-refractivity contribution in [3.8, 4) is 0 Å². The van der Waals surface area contributed by atoms with Crippen molar-refractivity contribution in [3.05, 3.63) is 11.6 Å². The van der Waals surface area contributed by atoms with Crippen LogP contribution in [0.15, 0.2) is 11.6 Å². The molecule has 0 unspecified atom stereocenters. The number of ether oxygens (including phenoxy) is 2. The van der Waals surface area contributed by atoms with Gasteiger partial charge in [-0.2, -0.15) is 0 Å². The molecular weight excluding hydrogens is 544 g/mol. The van der Waals surface area contributed by atoms with Gasteiger partial charge in [0.2, 0.25) is 0 Å². The van der Waals surface area contributed by atoms with Crippen molar-refractivity contribution >= 4 is 11.8 Å². The Morgan fingerprint density at radius 1 is 0.953 bits per heavy atom. The number of ketones is 1. The molecule has 0 aromatic heterocycles. The number of carboxylic acid groups (broad SMARTS) is 1. The monoisotopic (exact) mass is 600 g/mol. The van der Waals surface area contributed by atoms with Crippen molar-refractivity contribution in [3.63, 3.8) is 0 Å². The van der Waals surface area contributed by atoms with Crippen molar-refractivity contribution in [1.82, 2.24) is 0 Å². The van der Waals surface area contributed by atoms with Gasteiger partial charge in [-0.3, -0.25) is 9.59 Å². The lowest BCUT2D eigenvalue weighted by atomic mass is 9.33. The summed E-state index contributed by atoms with van der Waals surface area (Å²) in [5, 5.41) is 30.7. The SMILES string of the molecule is C[C@@H]1O[C@H](O[C@@H]2CC[C@@]3(C)[C@H](CC[C@]4(C)[C@@H]3C(=O)C=C3[C@@H]5C[C@@](C)(C(=O)O)CC[C@]5(C)CC[C@]34C)C2(C)C)C[C@@H](O)[C@H]1O. The summed E-state index contributed by atoms with van der Waals surface area (Å²) in [5.41, 5.74) is -0.165. The third kappa shape index (κ3) is 4.33. The number of fused-ring (bicyclic) bond motifs is 7. The van der Waals surface area contributed by atoms with E-state index in [0.29, 0.717) is 12.8 Å². The molecule has 13 atom stereocenters. The topological polar surface area (TPSA) is 113 Å². The van der Waals surface area contributed by atoms with Crippen molar-refractivity contribution in [1.29, 1.82) is 0 Å². The number of aliphatic carboxylic acids is 1. The minimum Gasteiger partial charge on any atom is -0.481 e. The lowest BCUT2D eigenvalue weighted by Crippen LogP contribution is -2.67. The van der Waals surface area contributed by atoms with Crippen LogP contribution >= 0.6 is 0 Å². The minimum absolute atomic E-state index is 0.0462. The van der Waals surface area contributed by atoms with Gasteiger partial charge in [-0.25, -0.2) is 0 Å². The third-order valence-electron chi connectivity index (χ3n) is 15.0. The molecule has 0 aromatic rings. The molecular formula is C36H56O7. The summed E-state index contributed by atoms with van der Waals surface area (Å²) in [6.07, 6.45) is 7.45. The lowest BCUT2D eigenvalue weighted by Gasteiger charge is -2.70. The summed E-state index contributed by atoms with van der Waals surface area (Å²) < 4.78 is 12.6. The zero-order valence-electron chi connectivity index (χ0n) is 27.7. The number of carboxylic acids is 1. The highest BCUT2D eigenvalue weighted by Gasteiger charge is 2.70. The Hall–Kier alpha value is -1.28. The molecule has 242 valence electrons. The normalized spacial score (nSPS) is 54.4. The molecule has 5 aliphatic carbocycles. The largest absolute Gasteiger partial charge is 0.481 e. The summed E-state index contributed by atoms with van der Waals surface area (Å²) >= 11 is 0. The molecule has 6 rings (SSSR count). The molecule has 3 N–H and O–H groups in total. The van der Waals surface area contributed by atoms with Crippen LogP contribution in [-0.4, -0.2) is 57.8 Å². The number of hydrogen-bond donors (Lipinski definition) is 3. The first kappa shape index (κ1) is 31.7. The summed E-state index contributed by atoms with van der Waals surface area (Å²) in [7, 11) is 0. The van der Waals surface area contributed by atoms with Gasteiger partial charge >= 0.3 is 5.97 Å². The van der Waals surface area contributed by atoms with Crippen LogP contribution in [0.3, 0.4) is 0 Å². The standard InChI is InChI=1S/C36H56O7/c1-20-28(39)23(37)18-27(42-20)43-26-10-11-34(6)25(31(26,2)3)9-12-36(8)29(34)24(38)17-21-22-19-33(5,30(40)41)14-13-32(22,4)15-16-35(21,36)7/h17,20,22-23,25-29,37,39H,9-16,18-19H2,1-8H3,(H,40,41)/t20-,22-,23+,25+,26+,27+,28-,29+,32+,33-,34-,35+,36+/m0/s1. The van der Waals surface area contributed by atoms with Gasteiger partial charge in [0, 0.05) is 12.3 Å². The Morgan fingerprint density at radius 3 is 2.28 bits per heavy atom. The molecule has 0 amide bonds. The van der Waals surface area contributed by atoms with Crippen LogP contribution in [0.4, 0.5) is 0 Å². The number of aliphatic hydroxyl groups excluding tert-OH is 2. The van der Waals surface area contributed by atoms with E-state index >= 15 is 0 Å². The summed E-state index contributed by atoms with van der Waals surface area (Å²) in [6, 6.07) is 0. The second-order valence-corrected chi connectivity index (χ2v) is 17.6. The van der Waals surface area contributed by atoms with Gasteiger partial charge in [-0.1, -0.05) is 47.1 Å². The van der Waals surface area contributed by atoms with E-state index in [-0.39, 0.29) is 63.1 Å². The molecule has 7 nitrogen and oxygen atoms in total. The minimum atomic E-state index is -0.903. The van der Waals surface area contributed by atoms with Crippen LogP contribution in [0.1, 0.15) is 120 Å². The molecule has 4 saturated carbocycles. The fraction of sp³-hybridized carbons (Fsp3) is 0.889. The number of carbonyl (C=O) groups is 2. The fourth-order valence-electron chi connectivity index (χ4n) is 11.9. The number of carbonyl (C=O) groups excluding carboxylic acids is 1. The van der Waals surface area contributed by atoms with Crippen molar-refractivity contribution < 1.29 is 34.4 Å². The molecule has 0 aromatic carbocycles. The van der Waals surface area contributed by atoms with Crippen LogP contribution in [0.25, 0.3) is 0 Å². The lowest BCUT2D eigenvalue weighted by molar-refractivity contribution is -0.290. The average Bonchev–Trinajstić information content (AvgIpc) is 2.91. The van der Waals surface area contributed by atoms with Crippen LogP contribution in [0, 0.1) is 50.2 Å². The maximum absolute atomic E-state index is 14.6. The van der Waals surface area contributed by atoms with Crippen molar-refractivity contribution in [2.45, 2.75) is 150 Å². The predicted molar refractivity (Wildman–Crippen MR) is 163 cm³/mol. The number of aliphatic hydroxyl groups is 2. The van der Waals surface area contributed by atoms with E-state index in [9.17, 15) is 24.9 Å². The van der Waals surface area contributed by atoms with E-state index in [1.54, 1.807) is 6.92 Å². The summed E-state index contributed by atoms with van der Waals surface area (Å²) in [4.78, 5) is 27.0. The van der Waals surface area contributed by atoms with Crippen LogP contribution in [0.2, 0.25) is 0 Å². The van der Waals surface area contributed by atoms with Gasteiger partial charge in [-0.15, -0.1) is 0 Å². The highest BCUT2D eigenvalue weighted by Crippen LogP contribution is 2.75. The number of rotatable bonds is 3. The predicted octanol–water partition coefficient (Wildman–Crippen LogP) is 6.29. The maximum atomic E-state index is 14.6. The molecule has 7 heteroatoms. The Kier molecular flexibility index (Phi) is 7.27. The molecule has 0 spiro atoms. The molecule has 1 saturated heterocycles. The first-order valence-corrected chi connectivity index (χ1v) is 17.0. The van der Waals surface area contributed by atoms with Crippen LogP contribution in [0.5, 0.6) is 0 Å². The van der Waals surface area contributed by atoms with Crippen molar-refractivity contribution in [2.24, 2.45) is 50.2 Å². The second kappa shape index (κ2) is 9.86. The Labute approximate surface area is 258 Å². The second-order valence-electron chi connectivity index (χ2n) is 17.6. The van der Waals surface area contributed by atoms with Gasteiger partial charge in [0.05, 0.1) is 23.7 Å². The summed E-state index contributed by atoms with van der Waals surface area (Å²) in [5.74, 6) is -0.128. The quantitative estimate of drug-likeness (QED) is 0.326. The van der Waals surface area contributed by atoms with E-state index < -0.39 is 36.0 Å². The zero-order chi connectivity index (χ0) is 31.5. The third-order valence-corrected chi connectivity index (χ3v) is 15.0. The highest BCUT2D eigenvalue weighted by atomic mass is 16.7. The Balaban J connectivity index is 1.32. The Morgan fingerprint density at radius 2 is 1.63 bits per heavy atom. The molecule has 1 aliphatic heterocycles. The van der Waals surface area contributed by atoms with Crippen LogP contribution in [-0.2, 0) is 19.1 Å². The maximum Gasteiger partial charge on any atom is 0.309 e. The van der Waals surface area contributed by atoms with E-state index in [1.807, 2.05) is 13.0 Å². The molecule has 6 aliphatic rings. The van der Waals surface area contributed by atoms with Gasteiger partial charge in [0.25, 0.3) is 0 Å².